The van der Waals surface area contributed by atoms with Gasteiger partial charge in [-0.25, -0.2) is 9.17 Å². The molecule has 1 fully saturated rings. The number of hydrogen-bond acceptors (Lipinski definition) is 8. The van der Waals surface area contributed by atoms with Crippen LogP contribution in [0.5, 0.6) is 0 Å². The highest BCUT2D eigenvalue weighted by Crippen LogP contribution is 2.41. The average molecular weight is 463 g/mol. The van der Waals surface area contributed by atoms with Gasteiger partial charge in [0.05, 0.1) is 10.6 Å². The number of anilines is 1. The lowest BCUT2D eigenvalue weighted by molar-refractivity contribution is -0.150. The molecule has 0 bridgehead atoms. The number of rotatable bonds is 7. The molecule has 0 saturated carbocycles. The summed E-state index contributed by atoms with van der Waals surface area (Å²) in [4.78, 5) is 38.3. The Kier molecular flexibility index (Phi) is 6.02. The number of nitrogens with two attached hydrogens (primary N) is 1. The first-order valence-corrected chi connectivity index (χ1v) is 11.8. The van der Waals surface area contributed by atoms with Gasteiger partial charge in [0.15, 0.2) is 0 Å². The topological polar surface area (TPSA) is 126 Å². The van der Waals surface area contributed by atoms with Crippen molar-refractivity contribution in [2.75, 3.05) is 17.2 Å². The van der Waals surface area contributed by atoms with Gasteiger partial charge in [0.2, 0.25) is 5.91 Å². The summed E-state index contributed by atoms with van der Waals surface area (Å²) in [6.07, 6.45) is 1.76. The monoisotopic (exact) mass is 462 g/mol. The Bertz CT molecular complexity index is 1020. The number of nitrogens with zero attached hydrogens (tertiary/aromatic N) is 2. The number of carboxylic acids is 1. The minimum atomic E-state index is -1.13. The number of hydrogen-bond donors (Lipinski definition) is 3. The van der Waals surface area contributed by atoms with E-state index in [4.69, 9.17) is 5.73 Å². The van der Waals surface area contributed by atoms with Crippen LogP contribution >= 0.6 is 35.1 Å². The van der Waals surface area contributed by atoms with Crippen LogP contribution in [0.4, 0.5) is 5.69 Å². The normalized spacial score (nSPS) is 20.5. The van der Waals surface area contributed by atoms with E-state index in [0.29, 0.717) is 28.3 Å². The van der Waals surface area contributed by atoms with Gasteiger partial charge in [0.25, 0.3) is 5.91 Å². The van der Waals surface area contributed by atoms with Gasteiger partial charge in [0, 0.05) is 23.4 Å². The van der Waals surface area contributed by atoms with Crippen LogP contribution in [0.15, 0.2) is 52.0 Å². The maximum atomic E-state index is 12.7. The van der Waals surface area contributed by atoms with Crippen LogP contribution in [-0.2, 0) is 20.8 Å². The van der Waals surface area contributed by atoms with Gasteiger partial charge in [-0.2, -0.15) is 0 Å². The molecule has 4 rings (SSSR count). The summed E-state index contributed by atoms with van der Waals surface area (Å²) in [5, 5.41) is 12.0. The third-order valence-corrected chi connectivity index (χ3v) is 8.15. The van der Waals surface area contributed by atoms with Crippen molar-refractivity contribution in [1.29, 1.82) is 0 Å². The average Bonchev–Trinajstić information content (AvgIpc) is 3.25. The van der Waals surface area contributed by atoms with E-state index in [1.165, 1.54) is 40.0 Å². The molecule has 1 aromatic carbocycles. The molecule has 8 nitrogen and oxygen atoms in total. The fraction of sp³-hybridized carbons (Fsp3) is 0.263. The van der Waals surface area contributed by atoms with Crippen LogP contribution in [0.1, 0.15) is 5.56 Å². The van der Waals surface area contributed by atoms with Crippen molar-refractivity contribution in [3.05, 3.63) is 53.4 Å². The maximum absolute atomic E-state index is 12.7. The van der Waals surface area contributed by atoms with Crippen molar-refractivity contribution in [3.8, 4) is 0 Å². The summed E-state index contributed by atoms with van der Waals surface area (Å²) in [7, 11) is 0. The van der Waals surface area contributed by atoms with E-state index in [-0.39, 0.29) is 18.0 Å². The van der Waals surface area contributed by atoms with E-state index >= 15 is 0 Å². The quantitative estimate of drug-likeness (QED) is 0.323. The van der Waals surface area contributed by atoms with Crippen LogP contribution in [0.25, 0.3) is 0 Å². The molecule has 2 aliphatic rings. The lowest BCUT2D eigenvalue weighted by Gasteiger charge is -2.49. The number of aromatic nitrogens is 1. The Balaban J connectivity index is 1.44. The summed E-state index contributed by atoms with van der Waals surface area (Å²) in [6, 6.07) is 8.19. The second-order valence-electron chi connectivity index (χ2n) is 6.71. The molecule has 2 amide bonds. The third-order valence-electron chi connectivity index (χ3n) is 4.78. The van der Waals surface area contributed by atoms with Crippen LogP contribution < -0.4 is 11.1 Å². The lowest BCUT2D eigenvalue weighted by atomic mass is 10.0. The van der Waals surface area contributed by atoms with E-state index in [2.05, 4.69) is 9.69 Å². The minimum absolute atomic E-state index is 0.0265. The Morgan fingerprint density at radius 2 is 2.13 bits per heavy atom. The molecular weight excluding hydrogens is 444 g/mol. The van der Waals surface area contributed by atoms with Crippen molar-refractivity contribution < 1.29 is 19.5 Å². The third kappa shape index (κ3) is 4.05. The molecular formula is C19H18N4O4S3. The van der Waals surface area contributed by atoms with Crippen LogP contribution in [0.2, 0.25) is 0 Å². The number of carbonyl (C=O) groups excluding carboxylic acids is 2. The number of aliphatic carboxylic acids is 1. The molecule has 2 aromatic rings. The highest BCUT2D eigenvalue weighted by Gasteiger charge is 2.54. The van der Waals surface area contributed by atoms with Crippen molar-refractivity contribution in [3.63, 3.8) is 0 Å². The zero-order valence-corrected chi connectivity index (χ0v) is 18.1. The summed E-state index contributed by atoms with van der Waals surface area (Å²) < 4.78 is 5.02. The number of para-hydroxylation sites is 1. The van der Waals surface area contributed by atoms with E-state index in [1.54, 1.807) is 30.5 Å². The number of carboxylic acid groups (broad SMARTS) is 1. The number of thioether (sulfide) groups is 2. The second-order valence-corrected chi connectivity index (χ2v) is 9.92. The van der Waals surface area contributed by atoms with Gasteiger partial charge in [0.1, 0.15) is 17.1 Å². The van der Waals surface area contributed by atoms with Gasteiger partial charge in [-0.3, -0.25) is 14.5 Å². The standard InChI is InChI=1S/C19H18N4O4S3/c20-12-4-2-1-3-10(12)7-13(24)22-15-17(25)23-16(19(26)27)11(9-29-18(15)23)8-28-14-5-6-21-30-14/h1-6,15,18H,7-9,20H2,(H,22,24)(H,26,27)/t15?,18-/m0/s1. The molecule has 0 radical (unpaired) electrons. The van der Waals surface area contributed by atoms with Crippen molar-refractivity contribution in [1.82, 2.24) is 14.6 Å². The van der Waals surface area contributed by atoms with Crippen LogP contribution in [0, 0.1) is 0 Å². The number of carbonyl (C=O) groups is 3. The number of fused-ring (bicyclic) bond motifs is 1. The smallest absolute Gasteiger partial charge is 0.352 e. The highest BCUT2D eigenvalue weighted by molar-refractivity contribution is 8.01. The molecule has 2 atom stereocenters. The Morgan fingerprint density at radius 1 is 1.33 bits per heavy atom. The van der Waals surface area contributed by atoms with Crippen molar-refractivity contribution in [2.45, 2.75) is 22.0 Å². The zero-order valence-electron chi connectivity index (χ0n) is 15.6. The van der Waals surface area contributed by atoms with Crippen molar-refractivity contribution in [2.24, 2.45) is 0 Å². The first-order valence-electron chi connectivity index (χ1n) is 9.02. The zero-order chi connectivity index (χ0) is 21.3. The fourth-order valence-corrected chi connectivity index (χ4v) is 6.38. The number of nitrogens with one attached hydrogen (secondary N) is 1. The number of benzene rings is 1. The second kappa shape index (κ2) is 8.70. The summed E-state index contributed by atoms with van der Waals surface area (Å²) >= 11 is 4.31. The highest BCUT2D eigenvalue weighted by atomic mass is 32.2. The molecule has 30 heavy (non-hydrogen) atoms. The number of amides is 2. The van der Waals surface area contributed by atoms with Crippen LogP contribution in [0.3, 0.4) is 0 Å². The molecule has 156 valence electrons. The molecule has 1 unspecified atom stereocenters. The molecule has 11 heteroatoms. The van der Waals surface area contributed by atoms with Crippen molar-refractivity contribution >= 4 is 58.5 Å². The number of β-lactam (4-membered cyclic amide) rings is 1. The fourth-order valence-electron chi connectivity index (χ4n) is 3.32. The molecule has 4 N–H and O–H groups in total. The first kappa shape index (κ1) is 20.8. The SMILES string of the molecule is Nc1ccccc1CC(=O)NC1C(=O)N2C(C(=O)O)=C(CSc3ccns3)CS[C@@H]12. The summed E-state index contributed by atoms with van der Waals surface area (Å²) in [5.74, 6) is -0.897. The molecule has 1 aromatic heterocycles. The minimum Gasteiger partial charge on any atom is -0.477 e. The van der Waals surface area contributed by atoms with E-state index in [1.807, 2.05) is 6.07 Å². The maximum Gasteiger partial charge on any atom is 0.352 e. The Hall–Kier alpha value is -2.50. The molecule has 0 spiro atoms. The van der Waals surface area contributed by atoms with Gasteiger partial charge in [-0.05, 0) is 34.8 Å². The first-order chi connectivity index (χ1) is 14.5. The summed E-state index contributed by atoms with van der Waals surface area (Å²) in [5.41, 5.74) is 7.79. The van der Waals surface area contributed by atoms with Gasteiger partial charge < -0.3 is 16.2 Å². The van der Waals surface area contributed by atoms with E-state index < -0.39 is 23.3 Å². The summed E-state index contributed by atoms with van der Waals surface area (Å²) in [6.45, 7) is 0. The van der Waals surface area contributed by atoms with Crippen LogP contribution in [-0.4, -0.2) is 55.1 Å². The Labute approximate surface area is 185 Å². The largest absolute Gasteiger partial charge is 0.477 e. The molecule has 1 saturated heterocycles. The van der Waals surface area contributed by atoms with E-state index in [9.17, 15) is 19.5 Å². The number of nitrogen functional groups attached to an aromatic ring is 1. The van der Waals surface area contributed by atoms with E-state index in [0.717, 1.165) is 4.21 Å². The predicted octanol–water partition coefficient (Wildman–Crippen LogP) is 1.80. The predicted molar refractivity (Wildman–Crippen MR) is 117 cm³/mol. The lowest BCUT2D eigenvalue weighted by Crippen LogP contribution is -2.70. The molecule has 3 heterocycles. The Morgan fingerprint density at radius 3 is 2.83 bits per heavy atom. The molecule has 2 aliphatic heterocycles. The van der Waals surface area contributed by atoms with Gasteiger partial charge in [-0.1, -0.05) is 18.2 Å². The molecule has 0 aliphatic carbocycles. The van der Waals surface area contributed by atoms with Gasteiger partial charge in [-0.15, -0.1) is 23.5 Å². The van der Waals surface area contributed by atoms with Gasteiger partial charge >= 0.3 is 5.97 Å².